The Bertz CT molecular complexity index is 1140. The Morgan fingerprint density at radius 3 is 2.42 bits per heavy atom. The van der Waals surface area contributed by atoms with E-state index >= 15 is 0 Å². The second-order valence-corrected chi connectivity index (χ2v) is 8.28. The first-order chi connectivity index (χ1) is 17.1. The molecule has 4 amide bonds. The summed E-state index contributed by atoms with van der Waals surface area (Å²) in [6.45, 7) is 19.0. The van der Waals surface area contributed by atoms with Crippen LogP contribution in [0.5, 0.6) is 0 Å². The largest absolute Gasteiger partial charge is 0.398 e. The molecule has 1 aromatic carbocycles. The minimum atomic E-state index is -0.478. The Kier molecular flexibility index (Phi) is 10.0. The van der Waals surface area contributed by atoms with Gasteiger partial charge in [-0.3, -0.25) is 14.5 Å². The lowest BCUT2D eigenvalue weighted by atomic mass is 10.1. The summed E-state index contributed by atoms with van der Waals surface area (Å²) >= 11 is 0. The molecule has 190 valence electrons. The second kappa shape index (κ2) is 12.9. The van der Waals surface area contributed by atoms with Crippen molar-refractivity contribution in [1.82, 2.24) is 20.4 Å². The normalized spacial score (nSPS) is 14.8. The first-order valence-corrected chi connectivity index (χ1v) is 11.7. The summed E-state index contributed by atoms with van der Waals surface area (Å²) in [6.07, 6.45) is 7.39. The molecular formula is C28H35N5O3. The smallest absolute Gasteiger partial charge is 0.324 e. The van der Waals surface area contributed by atoms with Crippen molar-refractivity contribution in [3.05, 3.63) is 108 Å². The zero-order valence-corrected chi connectivity index (χ0v) is 21.3. The van der Waals surface area contributed by atoms with Gasteiger partial charge in [-0.25, -0.2) is 4.79 Å². The fourth-order valence-electron chi connectivity index (χ4n) is 3.38. The number of hydrogen-bond acceptors (Lipinski definition) is 5. The van der Waals surface area contributed by atoms with Crippen LogP contribution in [-0.2, 0) is 11.3 Å². The van der Waals surface area contributed by atoms with Crippen LogP contribution in [0, 0.1) is 0 Å². The summed E-state index contributed by atoms with van der Waals surface area (Å²) in [7, 11) is 0. The first-order valence-electron chi connectivity index (χ1n) is 11.7. The van der Waals surface area contributed by atoms with Crippen molar-refractivity contribution in [2.24, 2.45) is 5.73 Å². The number of likely N-dealkylation sites (N-methyl/N-ethyl adjacent to an activating group) is 1. The van der Waals surface area contributed by atoms with Crippen molar-refractivity contribution in [3.63, 3.8) is 0 Å². The van der Waals surface area contributed by atoms with Gasteiger partial charge >= 0.3 is 6.03 Å². The van der Waals surface area contributed by atoms with Crippen LogP contribution in [0.1, 0.15) is 36.7 Å². The molecule has 8 heteroatoms. The molecule has 0 aliphatic carbocycles. The van der Waals surface area contributed by atoms with Gasteiger partial charge in [0.05, 0.1) is 11.4 Å². The van der Waals surface area contributed by atoms with Crippen LogP contribution in [0.2, 0.25) is 0 Å². The summed E-state index contributed by atoms with van der Waals surface area (Å²) < 4.78 is 0. The molecule has 1 aliphatic rings. The number of amides is 4. The van der Waals surface area contributed by atoms with E-state index in [1.807, 2.05) is 43.9 Å². The molecule has 1 heterocycles. The van der Waals surface area contributed by atoms with Gasteiger partial charge in [0.1, 0.15) is 0 Å². The molecule has 0 atom stereocenters. The molecule has 0 aromatic heterocycles. The zero-order chi connectivity index (χ0) is 26.8. The standard InChI is InChI=1S/C28H35N5O3/c1-7-9-10-19(3)20(4)17-25(21(5)29)31-26(34)24-13-11-23(12-14-24)18-30-28(36)33-16-15-32(8-2)22(6)27(33)35/h7,9-14,17H,4-6,8,15-16,18,29H2,1-3H3,(H,30,36)(H,31,34)/b9-7-,19-10+,25-17+. The lowest BCUT2D eigenvalue weighted by Gasteiger charge is -2.35. The Labute approximate surface area is 213 Å². The number of nitrogens with zero attached hydrogens (tertiary/aromatic N) is 2. The highest BCUT2D eigenvalue weighted by atomic mass is 16.2. The average Bonchev–Trinajstić information content (AvgIpc) is 2.86. The van der Waals surface area contributed by atoms with Crippen LogP contribution in [0.15, 0.2) is 96.5 Å². The van der Waals surface area contributed by atoms with Crippen molar-refractivity contribution in [3.8, 4) is 0 Å². The molecule has 0 spiro atoms. The number of carbonyl (C=O) groups is 3. The molecule has 0 bridgehead atoms. The highest BCUT2D eigenvalue weighted by Crippen LogP contribution is 2.15. The van der Waals surface area contributed by atoms with Crippen molar-refractivity contribution in [1.29, 1.82) is 0 Å². The number of urea groups is 1. The Morgan fingerprint density at radius 2 is 1.83 bits per heavy atom. The molecule has 2 rings (SSSR count). The summed E-state index contributed by atoms with van der Waals surface area (Å²) in [5.74, 6) is -0.752. The van der Waals surface area contributed by atoms with Gasteiger partial charge in [0.25, 0.3) is 11.8 Å². The lowest BCUT2D eigenvalue weighted by molar-refractivity contribution is -0.128. The van der Waals surface area contributed by atoms with Gasteiger partial charge < -0.3 is 21.3 Å². The SMILES string of the molecule is C=C(/C=C(/NC(=O)c1ccc(CNC(=O)N2CCN(CC)C(=C)C2=O)cc1)C(=C)N)/C(C)=C/C=C\C. The van der Waals surface area contributed by atoms with E-state index in [1.54, 1.807) is 30.3 Å². The van der Waals surface area contributed by atoms with Crippen molar-refractivity contribution in [2.75, 3.05) is 19.6 Å². The van der Waals surface area contributed by atoms with E-state index in [0.717, 1.165) is 16.0 Å². The van der Waals surface area contributed by atoms with E-state index in [1.165, 1.54) is 0 Å². The molecule has 1 saturated heterocycles. The van der Waals surface area contributed by atoms with E-state index in [9.17, 15) is 14.4 Å². The molecule has 36 heavy (non-hydrogen) atoms. The van der Waals surface area contributed by atoms with Gasteiger partial charge in [-0.15, -0.1) is 0 Å². The van der Waals surface area contributed by atoms with E-state index < -0.39 is 11.9 Å². The van der Waals surface area contributed by atoms with Crippen molar-refractivity contribution >= 4 is 17.8 Å². The second-order valence-electron chi connectivity index (χ2n) is 8.28. The molecule has 1 aliphatic heterocycles. The third-order valence-electron chi connectivity index (χ3n) is 5.71. The maximum Gasteiger partial charge on any atom is 0.324 e. The molecule has 1 aromatic rings. The summed E-state index contributed by atoms with van der Waals surface area (Å²) in [6, 6.07) is 6.27. The quantitative estimate of drug-likeness (QED) is 0.362. The molecule has 0 radical (unpaired) electrons. The Morgan fingerprint density at radius 1 is 1.17 bits per heavy atom. The number of nitrogens with two attached hydrogens (primary N) is 1. The van der Waals surface area contributed by atoms with E-state index in [4.69, 9.17) is 5.73 Å². The van der Waals surface area contributed by atoms with E-state index in [2.05, 4.69) is 30.4 Å². The summed E-state index contributed by atoms with van der Waals surface area (Å²) in [5.41, 5.74) is 9.56. The highest BCUT2D eigenvalue weighted by molar-refractivity contribution is 6.03. The minimum Gasteiger partial charge on any atom is -0.398 e. The molecule has 0 saturated carbocycles. The van der Waals surface area contributed by atoms with Crippen molar-refractivity contribution < 1.29 is 14.4 Å². The molecule has 1 fully saturated rings. The number of rotatable bonds is 9. The van der Waals surface area contributed by atoms with Crippen LogP contribution in [0.4, 0.5) is 4.79 Å². The monoisotopic (exact) mass is 489 g/mol. The molecule has 8 nitrogen and oxygen atoms in total. The fourth-order valence-corrected chi connectivity index (χ4v) is 3.38. The van der Waals surface area contributed by atoms with Gasteiger partial charge in [0.2, 0.25) is 0 Å². The number of benzene rings is 1. The Hall–Kier alpha value is -4.33. The number of hydrogen-bond donors (Lipinski definition) is 3. The van der Waals surface area contributed by atoms with Gasteiger partial charge in [0, 0.05) is 37.4 Å². The lowest BCUT2D eigenvalue weighted by Crippen LogP contribution is -2.53. The molecule has 4 N–H and O–H groups in total. The Balaban J connectivity index is 1.99. The number of imide groups is 1. The molecular weight excluding hydrogens is 454 g/mol. The van der Waals surface area contributed by atoms with Crippen LogP contribution >= 0.6 is 0 Å². The number of piperazine rings is 1. The number of allylic oxidation sites excluding steroid dienone is 6. The minimum absolute atomic E-state index is 0.205. The van der Waals surface area contributed by atoms with Gasteiger partial charge in [-0.05, 0) is 55.7 Å². The topological polar surface area (TPSA) is 108 Å². The zero-order valence-electron chi connectivity index (χ0n) is 21.3. The van der Waals surface area contributed by atoms with Gasteiger partial charge in [-0.1, -0.05) is 50.1 Å². The average molecular weight is 490 g/mol. The van der Waals surface area contributed by atoms with E-state index in [0.29, 0.717) is 42.2 Å². The summed E-state index contributed by atoms with van der Waals surface area (Å²) in [5, 5.41) is 5.51. The van der Waals surface area contributed by atoms with Crippen molar-refractivity contribution in [2.45, 2.75) is 27.3 Å². The van der Waals surface area contributed by atoms with Crippen LogP contribution < -0.4 is 16.4 Å². The predicted octanol–water partition coefficient (Wildman–Crippen LogP) is 3.74. The van der Waals surface area contributed by atoms with Crippen LogP contribution in [0.25, 0.3) is 0 Å². The van der Waals surface area contributed by atoms with Crippen LogP contribution in [-0.4, -0.2) is 47.3 Å². The number of nitrogens with one attached hydrogen (secondary N) is 2. The maximum atomic E-state index is 12.8. The fraction of sp³-hybridized carbons (Fsp3) is 0.250. The molecule has 0 unspecified atom stereocenters. The van der Waals surface area contributed by atoms with Gasteiger partial charge in [-0.2, -0.15) is 0 Å². The summed E-state index contributed by atoms with van der Waals surface area (Å²) in [4.78, 5) is 40.7. The number of carbonyl (C=O) groups excluding carboxylic acids is 3. The predicted molar refractivity (Wildman–Crippen MR) is 143 cm³/mol. The third kappa shape index (κ3) is 7.33. The highest BCUT2D eigenvalue weighted by Gasteiger charge is 2.30. The first kappa shape index (κ1) is 27.9. The van der Waals surface area contributed by atoms with Gasteiger partial charge in [0.15, 0.2) is 0 Å². The maximum absolute atomic E-state index is 12.8. The van der Waals surface area contributed by atoms with Crippen LogP contribution in [0.3, 0.4) is 0 Å². The van der Waals surface area contributed by atoms with E-state index in [-0.39, 0.29) is 18.1 Å². The third-order valence-corrected chi connectivity index (χ3v) is 5.71.